The lowest BCUT2D eigenvalue weighted by Crippen LogP contribution is -2.32. The molecule has 0 bridgehead atoms. The molecule has 0 saturated carbocycles. The summed E-state index contributed by atoms with van der Waals surface area (Å²) in [5.41, 5.74) is 1.49. The topological polar surface area (TPSA) is 80.6 Å². The number of hydrogen-bond donors (Lipinski definition) is 0. The SMILES string of the molecule is Cc1ccc(N=CC(S(=O)(=O)c2ccccc2)S(=O)(=O)c2ccccc2)cc1. The molecular weight excluding hydrogens is 394 g/mol. The van der Waals surface area contributed by atoms with Gasteiger partial charge in [0, 0.05) is 6.21 Å². The Morgan fingerprint density at radius 3 is 1.54 bits per heavy atom. The molecule has 0 N–H and O–H groups in total. The molecule has 0 saturated heterocycles. The van der Waals surface area contributed by atoms with Crippen LogP contribution in [-0.2, 0) is 19.7 Å². The summed E-state index contributed by atoms with van der Waals surface area (Å²) in [5.74, 6) is 0. The van der Waals surface area contributed by atoms with Gasteiger partial charge in [-0.2, -0.15) is 0 Å². The fourth-order valence-corrected chi connectivity index (χ4v) is 6.65. The van der Waals surface area contributed by atoms with Crippen LogP contribution in [0.25, 0.3) is 0 Å². The third-order valence-corrected chi connectivity index (χ3v) is 8.98. The Kier molecular flexibility index (Phi) is 5.76. The van der Waals surface area contributed by atoms with Gasteiger partial charge in [0.1, 0.15) is 0 Å². The van der Waals surface area contributed by atoms with Crippen molar-refractivity contribution in [2.45, 2.75) is 21.3 Å². The van der Waals surface area contributed by atoms with Crippen LogP contribution in [0.1, 0.15) is 5.56 Å². The molecule has 0 aromatic heterocycles. The highest BCUT2D eigenvalue weighted by molar-refractivity contribution is 8.10. The summed E-state index contributed by atoms with van der Waals surface area (Å²) in [6.07, 6.45) is 0.995. The molecule has 3 rings (SSSR count). The first-order valence-corrected chi connectivity index (χ1v) is 11.6. The van der Waals surface area contributed by atoms with E-state index in [2.05, 4.69) is 4.99 Å². The number of nitrogens with zero attached hydrogens (tertiary/aromatic N) is 1. The number of aryl methyl sites for hydroxylation is 1. The Morgan fingerprint density at radius 1 is 0.679 bits per heavy atom. The lowest BCUT2D eigenvalue weighted by molar-refractivity contribution is 0.584. The van der Waals surface area contributed by atoms with Crippen LogP contribution in [0.15, 0.2) is 99.7 Å². The molecule has 144 valence electrons. The van der Waals surface area contributed by atoms with E-state index in [0.29, 0.717) is 5.69 Å². The first-order valence-electron chi connectivity index (χ1n) is 8.50. The van der Waals surface area contributed by atoms with E-state index in [4.69, 9.17) is 0 Å². The first-order chi connectivity index (χ1) is 13.3. The van der Waals surface area contributed by atoms with Gasteiger partial charge in [-0.1, -0.05) is 54.1 Å². The van der Waals surface area contributed by atoms with E-state index in [1.54, 1.807) is 48.5 Å². The second-order valence-electron chi connectivity index (χ2n) is 6.20. The summed E-state index contributed by atoms with van der Waals surface area (Å²) in [6, 6.07) is 22.1. The fraction of sp³-hybridized carbons (Fsp3) is 0.0952. The normalized spacial score (nSPS) is 12.5. The largest absolute Gasteiger partial charge is 0.259 e. The molecule has 0 unspecified atom stereocenters. The summed E-state index contributed by atoms with van der Waals surface area (Å²) in [5, 5.41) is 0. The molecule has 5 nitrogen and oxygen atoms in total. The van der Waals surface area contributed by atoms with Gasteiger partial charge in [0.2, 0.25) is 24.3 Å². The average Bonchev–Trinajstić information content (AvgIpc) is 2.70. The number of rotatable bonds is 6. The maximum Gasteiger partial charge on any atom is 0.206 e. The van der Waals surface area contributed by atoms with Crippen molar-refractivity contribution in [1.82, 2.24) is 0 Å². The van der Waals surface area contributed by atoms with E-state index >= 15 is 0 Å². The number of hydrogen-bond acceptors (Lipinski definition) is 5. The Labute approximate surface area is 165 Å². The Balaban J connectivity index is 2.13. The zero-order valence-corrected chi connectivity index (χ0v) is 16.8. The summed E-state index contributed by atoms with van der Waals surface area (Å²) in [4.78, 5) is 4.00. The van der Waals surface area contributed by atoms with Crippen molar-refractivity contribution in [1.29, 1.82) is 0 Å². The van der Waals surface area contributed by atoms with Crippen LogP contribution >= 0.6 is 0 Å². The monoisotopic (exact) mass is 413 g/mol. The predicted octanol–water partition coefficient (Wildman–Crippen LogP) is 3.97. The van der Waals surface area contributed by atoms with Crippen molar-refractivity contribution in [2.75, 3.05) is 0 Å². The van der Waals surface area contributed by atoms with Gasteiger partial charge < -0.3 is 0 Å². The molecule has 0 amide bonds. The van der Waals surface area contributed by atoms with Gasteiger partial charge in [-0.25, -0.2) is 16.8 Å². The molecule has 3 aromatic rings. The number of aliphatic imine (C=N–C) groups is 1. The minimum Gasteiger partial charge on any atom is -0.259 e. The van der Waals surface area contributed by atoms with Crippen LogP contribution in [0.5, 0.6) is 0 Å². The third kappa shape index (κ3) is 4.21. The second kappa shape index (κ2) is 8.08. The van der Waals surface area contributed by atoms with Gasteiger partial charge in [0.05, 0.1) is 15.5 Å². The van der Waals surface area contributed by atoms with Crippen LogP contribution < -0.4 is 0 Å². The smallest absolute Gasteiger partial charge is 0.206 e. The van der Waals surface area contributed by atoms with Crippen LogP contribution in [0.2, 0.25) is 0 Å². The molecule has 0 spiro atoms. The van der Waals surface area contributed by atoms with Gasteiger partial charge in [0.25, 0.3) is 0 Å². The van der Waals surface area contributed by atoms with Crippen molar-refractivity contribution >= 4 is 31.6 Å². The maximum atomic E-state index is 13.2. The second-order valence-corrected chi connectivity index (χ2v) is 10.6. The van der Waals surface area contributed by atoms with Crippen molar-refractivity contribution in [2.24, 2.45) is 4.99 Å². The van der Waals surface area contributed by atoms with Crippen molar-refractivity contribution in [3.05, 3.63) is 90.5 Å². The highest BCUT2D eigenvalue weighted by Gasteiger charge is 2.38. The van der Waals surface area contributed by atoms with Crippen molar-refractivity contribution < 1.29 is 16.8 Å². The number of benzene rings is 3. The Hall–Kier alpha value is -2.77. The van der Waals surface area contributed by atoms with E-state index in [-0.39, 0.29) is 9.79 Å². The molecule has 0 heterocycles. The van der Waals surface area contributed by atoms with Crippen molar-refractivity contribution in [3.8, 4) is 0 Å². The summed E-state index contributed by atoms with van der Waals surface area (Å²) >= 11 is 0. The molecule has 0 aliphatic rings. The Morgan fingerprint density at radius 2 is 1.11 bits per heavy atom. The van der Waals surface area contributed by atoms with Gasteiger partial charge >= 0.3 is 0 Å². The highest BCUT2D eigenvalue weighted by Crippen LogP contribution is 2.25. The van der Waals surface area contributed by atoms with Crippen LogP contribution in [0, 0.1) is 6.92 Å². The van der Waals surface area contributed by atoms with Gasteiger partial charge in [-0.05, 0) is 43.3 Å². The molecule has 0 fully saturated rings. The molecular formula is C21H19NO4S2. The van der Waals surface area contributed by atoms with Gasteiger partial charge in [-0.3, -0.25) is 4.99 Å². The molecule has 0 radical (unpaired) electrons. The highest BCUT2D eigenvalue weighted by atomic mass is 32.3. The minimum atomic E-state index is -4.22. The summed E-state index contributed by atoms with van der Waals surface area (Å²) < 4.78 is 50.8. The van der Waals surface area contributed by atoms with E-state index < -0.39 is 24.3 Å². The Bertz CT molecular complexity index is 1100. The number of sulfone groups is 2. The molecule has 0 aliphatic carbocycles. The van der Waals surface area contributed by atoms with Crippen LogP contribution in [0.3, 0.4) is 0 Å². The maximum absolute atomic E-state index is 13.2. The van der Waals surface area contributed by atoms with Crippen molar-refractivity contribution in [3.63, 3.8) is 0 Å². The van der Waals surface area contributed by atoms with E-state index in [1.165, 1.54) is 24.3 Å². The predicted molar refractivity (Wildman–Crippen MR) is 110 cm³/mol. The quantitative estimate of drug-likeness (QED) is 0.573. The minimum absolute atomic E-state index is 0.0742. The summed E-state index contributed by atoms with van der Waals surface area (Å²) in [7, 11) is -8.44. The molecule has 0 aliphatic heterocycles. The van der Waals surface area contributed by atoms with E-state index in [0.717, 1.165) is 11.8 Å². The average molecular weight is 414 g/mol. The molecule has 7 heteroatoms. The molecule has 3 aromatic carbocycles. The fourth-order valence-electron chi connectivity index (χ4n) is 2.59. The summed E-state index contributed by atoms with van der Waals surface area (Å²) in [6.45, 7) is 1.91. The standard InChI is InChI=1S/C21H19NO4S2/c1-17-12-14-18(15-13-17)22-16-21(27(23,24)19-8-4-2-5-9-19)28(25,26)20-10-6-3-7-11-20/h2-16,21H,1H3. The van der Waals surface area contributed by atoms with Gasteiger partial charge in [-0.15, -0.1) is 0 Å². The van der Waals surface area contributed by atoms with E-state index in [1.807, 2.05) is 19.1 Å². The lowest BCUT2D eigenvalue weighted by Gasteiger charge is -2.15. The van der Waals surface area contributed by atoms with E-state index in [9.17, 15) is 16.8 Å². The zero-order valence-electron chi connectivity index (χ0n) is 15.1. The van der Waals surface area contributed by atoms with Crippen LogP contribution in [-0.4, -0.2) is 27.6 Å². The molecule has 28 heavy (non-hydrogen) atoms. The molecule has 0 atom stereocenters. The zero-order chi connectivity index (χ0) is 20.2. The first kappa shape index (κ1) is 20.0. The van der Waals surface area contributed by atoms with Crippen LogP contribution in [0.4, 0.5) is 5.69 Å². The third-order valence-electron chi connectivity index (χ3n) is 4.13. The van der Waals surface area contributed by atoms with Gasteiger partial charge in [0.15, 0.2) is 0 Å². The lowest BCUT2D eigenvalue weighted by atomic mass is 10.2.